The highest BCUT2D eigenvalue weighted by Crippen LogP contribution is 2.28. The first kappa shape index (κ1) is 15.9. The molecule has 2 rings (SSSR count). The van der Waals surface area contributed by atoms with Crippen molar-refractivity contribution in [1.29, 1.82) is 0 Å². The molecule has 0 fully saturated rings. The minimum absolute atomic E-state index is 0.160. The number of carboxylic acids is 1. The van der Waals surface area contributed by atoms with Gasteiger partial charge in [-0.05, 0) is 30.5 Å². The van der Waals surface area contributed by atoms with Gasteiger partial charge in [0.05, 0.1) is 13.4 Å². The summed E-state index contributed by atoms with van der Waals surface area (Å²) in [5, 5.41) is 12.5. The number of nitrogens with one attached hydrogen (secondary N) is 1. The minimum Gasteiger partial charge on any atom is -0.493 e. The summed E-state index contributed by atoms with van der Waals surface area (Å²) in [5.41, 5.74) is 0.886. The molecule has 0 aliphatic heterocycles. The Morgan fingerprint density at radius 3 is 2.68 bits per heavy atom. The van der Waals surface area contributed by atoms with Crippen molar-refractivity contribution in [3.63, 3.8) is 0 Å². The van der Waals surface area contributed by atoms with E-state index >= 15 is 0 Å². The van der Waals surface area contributed by atoms with E-state index in [1.165, 1.54) is 19.4 Å². The second kappa shape index (κ2) is 6.51. The predicted molar refractivity (Wildman–Crippen MR) is 81.1 cm³/mol. The number of furan rings is 1. The average Bonchev–Trinajstić information content (AvgIpc) is 2.93. The number of amides is 1. The van der Waals surface area contributed by atoms with Crippen molar-refractivity contribution in [2.24, 2.45) is 5.92 Å². The largest absolute Gasteiger partial charge is 0.493 e. The lowest BCUT2D eigenvalue weighted by Gasteiger charge is -2.16. The minimum atomic E-state index is -1.04. The first-order valence-corrected chi connectivity index (χ1v) is 7.01. The maximum absolute atomic E-state index is 12.3. The van der Waals surface area contributed by atoms with Crippen molar-refractivity contribution >= 4 is 22.8 Å². The van der Waals surface area contributed by atoms with Crippen LogP contribution in [0.1, 0.15) is 30.6 Å². The molecule has 1 heterocycles. The molecule has 1 amide bonds. The van der Waals surface area contributed by atoms with Gasteiger partial charge in [0.15, 0.2) is 11.3 Å². The van der Waals surface area contributed by atoms with Gasteiger partial charge in [-0.1, -0.05) is 13.8 Å². The van der Waals surface area contributed by atoms with E-state index in [0.29, 0.717) is 23.3 Å². The zero-order valence-electron chi connectivity index (χ0n) is 12.8. The molecule has 0 saturated carbocycles. The lowest BCUT2D eigenvalue weighted by atomic mass is 10.0. The van der Waals surface area contributed by atoms with E-state index in [0.717, 1.165) is 5.39 Å². The summed E-state index contributed by atoms with van der Waals surface area (Å²) in [6.07, 6.45) is 1.87. The maximum atomic E-state index is 12.3. The number of aliphatic carboxylic acids is 1. The highest BCUT2D eigenvalue weighted by Gasteiger charge is 2.22. The van der Waals surface area contributed by atoms with Gasteiger partial charge in [0, 0.05) is 10.9 Å². The van der Waals surface area contributed by atoms with E-state index < -0.39 is 17.9 Å². The highest BCUT2D eigenvalue weighted by molar-refractivity contribution is 6.01. The number of carbonyl (C=O) groups excluding carboxylic acids is 1. The molecule has 118 valence electrons. The summed E-state index contributed by atoms with van der Waals surface area (Å²) in [4.78, 5) is 23.6. The van der Waals surface area contributed by atoms with Gasteiger partial charge in [0.25, 0.3) is 5.91 Å². The van der Waals surface area contributed by atoms with E-state index in [-0.39, 0.29) is 5.92 Å². The van der Waals surface area contributed by atoms with Crippen molar-refractivity contribution in [2.45, 2.75) is 26.3 Å². The van der Waals surface area contributed by atoms with Crippen molar-refractivity contribution < 1.29 is 23.8 Å². The number of fused-ring (bicyclic) bond motifs is 1. The van der Waals surface area contributed by atoms with Crippen LogP contribution >= 0.6 is 0 Å². The number of hydrogen-bond donors (Lipinski definition) is 2. The molecule has 22 heavy (non-hydrogen) atoms. The summed E-state index contributed by atoms with van der Waals surface area (Å²) in [7, 11) is 1.48. The summed E-state index contributed by atoms with van der Waals surface area (Å²) >= 11 is 0. The van der Waals surface area contributed by atoms with Crippen molar-refractivity contribution in [1.82, 2.24) is 5.32 Å². The fraction of sp³-hybridized carbons (Fsp3) is 0.375. The van der Waals surface area contributed by atoms with Gasteiger partial charge in [-0.25, -0.2) is 4.79 Å². The second-order valence-corrected chi connectivity index (χ2v) is 5.51. The Bertz CT molecular complexity index is 689. The van der Waals surface area contributed by atoms with Crippen LogP contribution < -0.4 is 10.1 Å². The molecule has 0 saturated heterocycles. The molecule has 0 aliphatic carbocycles. The molecule has 0 unspecified atom stereocenters. The Morgan fingerprint density at radius 2 is 2.09 bits per heavy atom. The Balaban J connectivity index is 2.26. The number of carbonyl (C=O) groups is 2. The van der Waals surface area contributed by atoms with E-state index in [9.17, 15) is 14.7 Å². The van der Waals surface area contributed by atoms with E-state index in [1.807, 2.05) is 13.8 Å². The van der Waals surface area contributed by atoms with Crippen LogP contribution in [0.2, 0.25) is 0 Å². The van der Waals surface area contributed by atoms with Gasteiger partial charge in [-0.2, -0.15) is 0 Å². The fourth-order valence-corrected chi connectivity index (χ4v) is 2.27. The lowest BCUT2D eigenvalue weighted by molar-refractivity contribution is -0.139. The van der Waals surface area contributed by atoms with E-state index in [2.05, 4.69) is 5.32 Å². The molecule has 6 heteroatoms. The van der Waals surface area contributed by atoms with Crippen molar-refractivity contribution in [3.8, 4) is 5.75 Å². The Kier molecular flexibility index (Phi) is 4.70. The Labute approximate surface area is 128 Å². The predicted octanol–water partition coefficient (Wildman–Crippen LogP) is 2.67. The molecule has 0 spiro atoms. The molecule has 0 radical (unpaired) electrons. The summed E-state index contributed by atoms with van der Waals surface area (Å²) < 4.78 is 10.5. The molecule has 1 aromatic carbocycles. The summed E-state index contributed by atoms with van der Waals surface area (Å²) in [5.74, 6) is -0.900. The third-order valence-corrected chi connectivity index (χ3v) is 3.31. The van der Waals surface area contributed by atoms with Gasteiger partial charge in [0.2, 0.25) is 0 Å². The summed E-state index contributed by atoms with van der Waals surface area (Å²) in [6, 6.07) is 3.98. The molecule has 0 bridgehead atoms. The van der Waals surface area contributed by atoms with Crippen molar-refractivity contribution in [3.05, 3.63) is 30.0 Å². The number of carboxylic acid groups (broad SMARTS) is 1. The molecular weight excluding hydrogens is 286 g/mol. The quantitative estimate of drug-likeness (QED) is 0.856. The Morgan fingerprint density at radius 1 is 1.36 bits per heavy atom. The molecule has 1 atom stereocenters. The number of rotatable bonds is 6. The van der Waals surface area contributed by atoms with Gasteiger partial charge in [0.1, 0.15) is 6.04 Å². The highest BCUT2D eigenvalue weighted by atomic mass is 16.5. The molecule has 0 aliphatic rings. The average molecular weight is 305 g/mol. The maximum Gasteiger partial charge on any atom is 0.326 e. The lowest BCUT2D eigenvalue weighted by Crippen LogP contribution is -2.41. The number of benzene rings is 1. The van der Waals surface area contributed by atoms with Crippen LogP contribution in [0.25, 0.3) is 11.0 Å². The van der Waals surface area contributed by atoms with Gasteiger partial charge >= 0.3 is 5.97 Å². The normalized spacial score (nSPS) is 12.4. The van der Waals surface area contributed by atoms with Crippen LogP contribution in [0.4, 0.5) is 0 Å². The van der Waals surface area contributed by atoms with Crippen LogP contribution in [0.5, 0.6) is 5.75 Å². The molecule has 2 N–H and O–H groups in total. The second-order valence-electron chi connectivity index (χ2n) is 5.51. The SMILES string of the molecule is COc1cc(C(=O)N[C@@H](CC(C)C)C(=O)O)cc2ccoc12. The third-order valence-electron chi connectivity index (χ3n) is 3.31. The van der Waals surface area contributed by atoms with Gasteiger partial charge < -0.3 is 19.6 Å². The fourth-order valence-electron chi connectivity index (χ4n) is 2.27. The number of ether oxygens (including phenoxy) is 1. The topological polar surface area (TPSA) is 88.8 Å². The molecule has 6 nitrogen and oxygen atoms in total. The van der Waals surface area contributed by atoms with Crippen LogP contribution in [-0.2, 0) is 4.79 Å². The first-order valence-electron chi connectivity index (χ1n) is 7.01. The third kappa shape index (κ3) is 3.39. The first-order chi connectivity index (χ1) is 10.4. The number of methoxy groups -OCH3 is 1. The standard InChI is InChI=1S/C16H19NO5/c1-9(2)6-12(16(19)20)17-15(18)11-7-10-4-5-22-14(10)13(8-11)21-3/h4-5,7-9,12H,6H2,1-3H3,(H,17,18)(H,19,20)/t12-/m0/s1. The van der Waals surface area contributed by atoms with Crippen LogP contribution in [0.3, 0.4) is 0 Å². The van der Waals surface area contributed by atoms with Crippen LogP contribution in [-0.4, -0.2) is 30.1 Å². The smallest absolute Gasteiger partial charge is 0.326 e. The van der Waals surface area contributed by atoms with Crippen molar-refractivity contribution in [2.75, 3.05) is 7.11 Å². The van der Waals surface area contributed by atoms with Gasteiger partial charge in [-0.3, -0.25) is 4.79 Å². The molecule has 2 aromatic rings. The summed E-state index contributed by atoms with van der Waals surface area (Å²) in [6.45, 7) is 3.81. The molecular formula is C16H19NO5. The number of hydrogen-bond acceptors (Lipinski definition) is 4. The Hall–Kier alpha value is -2.50. The monoisotopic (exact) mass is 305 g/mol. The zero-order chi connectivity index (χ0) is 16.3. The van der Waals surface area contributed by atoms with E-state index in [1.54, 1.807) is 12.1 Å². The van der Waals surface area contributed by atoms with Gasteiger partial charge in [-0.15, -0.1) is 0 Å². The van der Waals surface area contributed by atoms with E-state index in [4.69, 9.17) is 9.15 Å². The van der Waals surface area contributed by atoms with Crippen LogP contribution in [0.15, 0.2) is 28.9 Å². The van der Waals surface area contributed by atoms with Crippen LogP contribution in [0, 0.1) is 5.92 Å². The molecule has 1 aromatic heterocycles. The zero-order valence-corrected chi connectivity index (χ0v) is 12.8.